The normalized spacial score (nSPS) is 10.2. The van der Waals surface area contributed by atoms with Crippen LogP contribution in [0.4, 0.5) is 0 Å². The smallest absolute Gasteiger partial charge is 0.345 e. The third kappa shape index (κ3) is 2.85. The van der Waals surface area contributed by atoms with Crippen LogP contribution in [0.3, 0.4) is 0 Å². The maximum atomic E-state index is 11.3. The average molecular weight is 262 g/mol. The van der Waals surface area contributed by atoms with Gasteiger partial charge in [0.05, 0.1) is 20.8 Å². The van der Waals surface area contributed by atoms with Crippen molar-refractivity contribution in [3.8, 4) is 11.6 Å². The second-order valence-electron chi connectivity index (χ2n) is 3.90. The summed E-state index contributed by atoms with van der Waals surface area (Å²) in [4.78, 5) is 11.3. The first kappa shape index (κ1) is 12.9. The van der Waals surface area contributed by atoms with Crippen molar-refractivity contribution in [3.05, 3.63) is 41.6 Å². The van der Waals surface area contributed by atoms with Gasteiger partial charge in [-0.3, -0.25) is 4.68 Å². The summed E-state index contributed by atoms with van der Waals surface area (Å²) in [6.45, 7) is 0.439. The Balaban J connectivity index is 2.16. The van der Waals surface area contributed by atoms with E-state index in [0.29, 0.717) is 6.54 Å². The molecule has 1 N–H and O–H groups in total. The van der Waals surface area contributed by atoms with Gasteiger partial charge in [-0.15, -0.1) is 5.10 Å². The van der Waals surface area contributed by atoms with E-state index in [1.807, 2.05) is 24.3 Å². The minimum absolute atomic E-state index is 0.0519. The molecule has 1 heterocycles. The molecule has 0 saturated carbocycles. The van der Waals surface area contributed by atoms with Crippen molar-refractivity contribution in [2.45, 2.75) is 6.54 Å². The minimum atomic E-state index is -0.613. The summed E-state index contributed by atoms with van der Waals surface area (Å²) < 4.78 is 11.1. The lowest BCUT2D eigenvalue weighted by molar-refractivity contribution is 0.0597. The first-order valence-corrected chi connectivity index (χ1v) is 5.61. The van der Waals surface area contributed by atoms with E-state index in [9.17, 15) is 9.90 Å². The summed E-state index contributed by atoms with van der Waals surface area (Å²) in [5.74, 6) is -0.179. The van der Waals surface area contributed by atoms with Crippen LogP contribution in [0.2, 0.25) is 0 Å². The van der Waals surface area contributed by atoms with E-state index in [0.717, 1.165) is 11.3 Å². The van der Waals surface area contributed by atoms with E-state index >= 15 is 0 Å². The van der Waals surface area contributed by atoms with E-state index in [1.54, 1.807) is 7.11 Å². The Morgan fingerprint density at radius 2 is 2.00 bits per heavy atom. The molecule has 0 aliphatic carbocycles. The molecular weight excluding hydrogens is 248 g/mol. The molecule has 6 nitrogen and oxygen atoms in total. The summed E-state index contributed by atoms with van der Waals surface area (Å²) in [6, 6.07) is 7.44. The summed E-state index contributed by atoms with van der Waals surface area (Å²) in [5.41, 5.74) is 1.02. The second kappa shape index (κ2) is 5.43. The van der Waals surface area contributed by atoms with Crippen LogP contribution in [0.1, 0.15) is 15.9 Å². The van der Waals surface area contributed by atoms with Gasteiger partial charge in [-0.25, -0.2) is 4.79 Å². The molecule has 0 spiro atoms. The van der Waals surface area contributed by atoms with Crippen LogP contribution in [-0.2, 0) is 11.3 Å². The fraction of sp³-hybridized carbons (Fsp3) is 0.231. The Morgan fingerprint density at radius 3 is 2.58 bits per heavy atom. The van der Waals surface area contributed by atoms with Gasteiger partial charge < -0.3 is 14.6 Å². The lowest BCUT2D eigenvalue weighted by atomic mass is 10.2. The van der Waals surface area contributed by atoms with Crippen LogP contribution < -0.4 is 4.74 Å². The number of ether oxygens (including phenoxy) is 2. The lowest BCUT2D eigenvalue weighted by Gasteiger charge is -2.03. The number of rotatable bonds is 4. The number of aromatic nitrogens is 2. The highest BCUT2D eigenvalue weighted by Gasteiger charge is 2.16. The minimum Gasteiger partial charge on any atom is -0.497 e. The van der Waals surface area contributed by atoms with E-state index < -0.39 is 5.97 Å². The van der Waals surface area contributed by atoms with Gasteiger partial charge in [0, 0.05) is 6.20 Å². The zero-order valence-electron chi connectivity index (χ0n) is 10.7. The van der Waals surface area contributed by atoms with Gasteiger partial charge in [0.25, 0.3) is 0 Å². The first-order chi connectivity index (χ1) is 9.13. The van der Waals surface area contributed by atoms with Gasteiger partial charge in [0.15, 0.2) is 0 Å². The van der Waals surface area contributed by atoms with Gasteiger partial charge >= 0.3 is 5.97 Å². The predicted molar refractivity (Wildman–Crippen MR) is 67.3 cm³/mol. The molecule has 0 aliphatic heterocycles. The molecule has 0 radical (unpaired) electrons. The zero-order valence-corrected chi connectivity index (χ0v) is 10.7. The highest BCUT2D eigenvalue weighted by Crippen LogP contribution is 2.17. The number of methoxy groups -OCH3 is 2. The number of hydrogen-bond donors (Lipinski definition) is 1. The second-order valence-corrected chi connectivity index (χ2v) is 3.90. The zero-order chi connectivity index (χ0) is 13.8. The molecule has 0 unspecified atom stereocenters. The molecule has 2 rings (SSSR count). The molecule has 0 atom stereocenters. The molecular formula is C13H14N2O4. The van der Waals surface area contributed by atoms with E-state index in [-0.39, 0.29) is 11.4 Å². The number of carbonyl (C=O) groups excluding carboxylic acids is 1. The number of esters is 1. The highest BCUT2D eigenvalue weighted by molar-refractivity contribution is 5.91. The van der Waals surface area contributed by atoms with Crippen molar-refractivity contribution in [3.63, 3.8) is 0 Å². The molecule has 0 bridgehead atoms. The highest BCUT2D eigenvalue weighted by atomic mass is 16.5. The number of benzene rings is 1. The van der Waals surface area contributed by atoms with Gasteiger partial charge in [0.2, 0.25) is 5.88 Å². The Hall–Kier alpha value is -2.50. The van der Waals surface area contributed by atoms with E-state index in [2.05, 4.69) is 9.84 Å². The number of aromatic hydroxyl groups is 1. The Morgan fingerprint density at radius 1 is 1.32 bits per heavy atom. The largest absolute Gasteiger partial charge is 0.497 e. The summed E-state index contributed by atoms with van der Waals surface area (Å²) >= 11 is 0. The summed E-state index contributed by atoms with van der Waals surface area (Å²) in [6.07, 6.45) is 1.45. The van der Waals surface area contributed by atoms with Gasteiger partial charge in [-0.2, -0.15) is 0 Å². The summed E-state index contributed by atoms with van der Waals surface area (Å²) in [5, 5.41) is 13.4. The third-order valence-electron chi connectivity index (χ3n) is 2.65. The fourth-order valence-electron chi connectivity index (χ4n) is 1.66. The predicted octanol–water partition coefficient (Wildman–Crippen LogP) is 1.43. The van der Waals surface area contributed by atoms with Crippen molar-refractivity contribution >= 4 is 5.97 Å². The number of hydrogen-bond acceptors (Lipinski definition) is 5. The Labute approximate surface area is 110 Å². The van der Waals surface area contributed by atoms with Crippen molar-refractivity contribution in [2.75, 3.05) is 14.2 Å². The van der Waals surface area contributed by atoms with Crippen molar-refractivity contribution < 1.29 is 19.4 Å². The molecule has 0 fully saturated rings. The molecule has 100 valence electrons. The van der Waals surface area contributed by atoms with E-state index in [1.165, 1.54) is 18.0 Å². The average Bonchev–Trinajstić information content (AvgIpc) is 2.79. The van der Waals surface area contributed by atoms with Crippen molar-refractivity contribution in [2.24, 2.45) is 0 Å². The van der Waals surface area contributed by atoms with Crippen LogP contribution in [0, 0.1) is 0 Å². The van der Waals surface area contributed by atoms with Crippen LogP contribution in [0.15, 0.2) is 30.5 Å². The molecule has 0 saturated heterocycles. The van der Waals surface area contributed by atoms with Crippen LogP contribution >= 0.6 is 0 Å². The fourth-order valence-corrected chi connectivity index (χ4v) is 1.66. The number of carbonyl (C=O) groups is 1. The SMILES string of the molecule is COC(=O)c1cn(Cc2ccc(OC)cc2)nc1O. The molecule has 2 aromatic rings. The topological polar surface area (TPSA) is 73.6 Å². The standard InChI is InChI=1S/C13H14N2O4/c1-18-10-5-3-9(4-6-10)7-15-8-11(12(16)14-15)13(17)19-2/h3-6,8H,7H2,1-2H3,(H,14,16). The van der Waals surface area contributed by atoms with Crippen LogP contribution in [0.5, 0.6) is 11.6 Å². The van der Waals surface area contributed by atoms with E-state index in [4.69, 9.17) is 4.74 Å². The lowest BCUT2D eigenvalue weighted by Crippen LogP contribution is -2.01. The summed E-state index contributed by atoms with van der Waals surface area (Å²) in [7, 11) is 2.85. The third-order valence-corrected chi connectivity index (χ3v) is 2.65. The van der Waals surface area contributed by atoms with Crippen molar-refractivity contribution in [1.82, 2.24) is 9.78 Å². The first-order valence-electron chi connectivity index (χ1n) is 5.61. The van der Waals surface area contributed by atoms with Crippen molar-refractivity contribution in [1.29, 1.82) is 0 Å². The van der Waals surface area contributed by atoms with Crippen LogP contribution in [0.25, 0.3) is 0 Å². The molecule has 1 aromatic carbocycles. The molecule has 0 amide bonds. The Kier molecular flexibility index (Phi) is 3.70. The molecule has 1 aromatic heterocycles. The maximum Gasteiger partial charge on any atom is 0.345 e. The molecule has 19 heavy (non-hydrogen) atoms. The quantitative estimate of drug-likeness (QED) is 0.844. The number of nitrogens with zero attached hydrogens (tertiary/aromatic N) is 2. The van der Waals surface area contributed by atoms with Gasteiger partial charge in [-0.1, -0.05) is 12.1 Å². The maximum absolute atomic E-state index is 11.3. The van der Waals surface area contributed by atoms with Crippen LogP contribution in [-0.4, -0.2) is 35.1 Å². The van der Waals surface area contributed by atoms with Gasteiger partial charge in [-0.05, 0) is 17.7 Å². The van der Waals surface area contributed by atoms with Gasteiger partial charge in [0.1, 0.15) is 11.3 Å². The molecule has 0 aliphatic rings. The molecule has 6 heteroatoms. The Bertz CT molecular complexity index is 575. The monoisotopic (exact) mass is 262 g/mol.